The highest BCUT2D eigenvalue weighted by molar-refractivity contribution is 5.63. The van der Waals surface area contributed by atoms with Gasteiger partial charge in [-0.1, -0.05) is 41.9 Å². The third-order valence-electron chi connectivity index (χ3n) is 5.93. The Labute approximate surface area is 194 Å². The highest BCUT2D eigenvalue weighted by atomic mass is 16.5. The van der Waals surface area contributed by atoms with Crippen molar-refractivity contribution in [2.45, 2.75) is 58.0 Å². The SMILES string of the molecule is Cc1nc(/C(N)=C(\Cc2nc(Cc3ccccc3)no2)N(C)N)ccc1OC1CCCCC1. The minimum atomic E-state index is 0.270. The third-order valence-corrected chi connectivity index (χ3v) is 5.93. The Balaban J connectivity index is 1.50. The van der Waals surface area contributed by atoms with Crippen LogP contribution in [0.4, 0.5) is 0 Å². The van der Waals surface area contributed by atoms with E-state index in [1.807, 2.05) is 49.4 Å². The summed E-state index contributed by atoms with van der Waals surface area (Å²) >= 11 is 0. The van der Waals surface area contributed by atoms with Crippen LogP contribution in [-0.2, 0) is 12.8 Å². The first-order valence-electron chi connectivity index (χ1n) is 11.5. The zero-order chi connectivity index (χ0) is 23.2. The van der Waals surface area contributed by atoms with E-state index in [4.69, 9.17) is 20.8 Å². The van der Waals surface area contributed by atoms with Crippen molar-refractivity contribution in [3.05, 3.63) is 76.8 Å². The summed E-state index contributed by atoms with van der Waals surface area (Å²) in [4.78, 5) is 9.20. The molecule has 0 saturated heterocycles. The molecule has 0 unspecified atom stereocenters. The number of rotatable bonds is 8. The minimum absolute atomic E-state index is 0.270. The topological polar surface area (TPSA) is 116 Å². The lowest BCUT2D eigenvalue weighted by Crippen LogP contribution is -2.29. The summed E-state index contributed by atoms with van der Waals surface area (Å²) < 4.78 is 11.6. The molecule has 3 aromatic rings. The number of allylic oxidation sites excluding steroid dienone is 1. The van der Waals surface area contributed by atoms with E-state index >= 15 is 0 Å². The van der Waals surface area contributed by atoms with E-state index in [-0.39, 0.29) is 6.10 Å². The van der Waals surface area contributed by atoms with Gasteiger partial charge < -0.3 is 20.0 Å². The molecule has 0 aliphatic heterocycles. The number of benzene rings is 1. The van der Waals surface area contributed by atoms with Crippen LogP contribution in [0.3, 0.4) is 0 Å². The van der Waals surface area contributed by atoms with Crippen molar-refractivity contribution < 1.29 is 9.26 Å². The van der Waals surface area contributed by atoms with Crippen molar-refractivity contribution in [3.8, 4) is 5.75 Å². The van der Waals surface area contributed by atoms with Crippen molar-refractivity contribution in [1.82, 2.24) is 20.1 Å². The summed E-state index contributed by atoms with van der Waals surface area (Å²) in [6.45, 7) is 1.94. The summed E-state index contributed by atoms with van der Waals surface area (Å²) in [6.07, 6.45) is 7.11. The van der Waals surface area contributed by atoms with E-state index in [2.05, 4.69) is 15.1 Å². The third kappa shape index (κ3) is 5.90. The number of hydrogen-bond acceptors (Lipinski definition) is 8. The van der Waals surface area contributed by atoms with Gasteiger partial charge >= 0.3 is 0 Å². The lowest BCUT2D eigenvalue weighted by atomic mass is 9.98. The fourth-order valence-corrected chi connectivity index (χ4v) is 4.10. The lowest BCUT2D eigenvalue weighted by Gasteiger charge is -2.24. The summed E-state index contributed by atoms with van der Waals surface area (Å²) in [5, 5.41) is 5.57. The van der Waals surface area contributed by atoms with E-state index in [1.165, 1.54) is 24.3 Å². The van der Waals surface area contributed by atoms with Gasteiger partial charge in [-0.3, -0.25) is 0 Å². The predicted octanol–water partition coefficient (Wildman–Crippen LogP) is 3.75. The number of aromatic nitrogens is 3. The maximum atomic E-state index is 6.49. The van der Waals surface area contributed by atoms with E-state index in [1.54, 1.807) is 7.05 Å². The van der Waals surface area contributed by atoms with E-state index in [0.717, 1.165) is 29.8 Å². The Hall–Kier alpha value is -3.39. The zero-order valence-corrected chi connectivity index (χ0v) is 19.3. The highest BCUT2D eigenvalue weighted by Gasteiger charge is 2.19. The molecule has 1 saturated carbocycles. The first-order valence-corrected chi connectivity index (χ1v) is 11.5. The monoisotopic (exact) mass is 448 g/mol. The smallest absolute Gasteiger partial charge is 0.232 e. The predicted molar refractivity (Wildman–Crippen MR) is 127 cm³/mol. The largest absolute Gasteiger partial charge is 0.489 e. The van der Waals surface area contributed by atoms with Crippen LogP contribution >= 0.6 is 0 Å². The van der Waals surface area contributed by atoms with Gasteiger partial charge in [0.15, 0.2) is 5.82 Å². The number of nitrogens with two attached hydrogens (primary N) is 2. The summed E-state index contributed by atoms with van der Waals surface area (Å²) in [5.41, 5.74) is 10.2. The van der Waals surface area contributed by atoms with E-state index in [9.17, 15) is 0 Å². The molecule has 0 amide bonds. The number of aryl methyl sites for hydroxylation is 1. The molecule has 1 aliphatic rings. The lowest BCUT2D eigenvalue weighted by molar-refractivity contribution is 0.153. The fourth-order valence-electron chi connectivity index (χ4n) is 4.10. The maximum Gasteiger partial charge on any atom is 0.232 e. The van der Waals surface area contributed by atoms with Gasteiger partial charge in [-0.15, -0.1) is 0 Å². The van der Waals surface area contributed by atoms with Crippen LogP contribution in [-0.4, -0.2) is 33.3 Å². The minimum Gasteiger partial charge on any atom is -0.489 e. The molecule has 1 aromatic carbocycles. The second-order valence-electron chi connectivity index (χ2n) is 8.57. The van der Waals surface area contributed by atoms with Gasteiger partial charge in [-0.25, -0.2) is 10.8 Å². The van der Waals surface area contributed by atoms with E-state index < -0.39 is 0 Å². The zero-order valence-electron chi connectivity index (χ0n) is 19.3. The highest BCUT2D eigenvalue weighted by Crippen LogP contribution is 2.26. The normalized spacial score (nSPS) is 15.2. The van der Waals surface area contributed by atoms with Crippen LogP contribution < -0.4 is 16.3 Å². The van der Waals surface area contributed by atoms with Gasteiger partial charge in [0, 0.05) is 13.5 Å². The molecule has 4 N–H and O–H groups in total. The molecule has 0 radical (unpaired) electrons. The van der Waals surface area contributed by atoms with Gasteiger partial charge in [-0.2, -0.15) is 4.98 Å². The Bertz CT molecular complexity index is 1090. The average molecular weight is 449 g/mol. The molecule has 1 aliphatic carbocycles. The Morgan fingerprint density at radius 1 is 1.09 bits per heavy atom. The Morgan fingerprint density at radius 3 is 2.55 bits per heavy atom. The van der Waals surface area contributed by atoms with Crippen molar-refractivity contribution >= 4 is 5.70 Å². The molecule has 0 atom stereocenters. The maximum absolute atomic E-state index is 6.49. The molecule has 8 heteroatoms. The van der Waals surface area contributed by atoms with Crippen LogP contribution in [0.5, 0.6) is 5.75 Å². The van der Waals surface area contributed by atoms with Crippen LogP contribution in [0.1, 0.15) is 60.8 Å². The Kier molecular flexibility index (Phi) is 7.24. The van der Waals surface area contributed by atoms with Gasteiger partial charge in [0.1, 0.15) is 5.75 Å². The molecule has 1 fully saturated rings. The van der Waals surface area contributed by atoms with Crippen molar-refractivity contribution in [1.29, 1.82) is 0 Å². The van der Waals surface area contributed by atoms with Crippen LogP contribution in [0.2, 0.25) is 0 Å². The van der Waals surface area contributed by atoms with E-state index in [0.29, 0.717) is 41.6 Å². The summed E-state index contributed by atoms with van der Waals surface area (Å²) in [7, 11) is 1.73. The number of hydrazine groups is 1. The standard InChI is InChI=1S/C25H32N6O2/c1-17-22(32-19-11-7-4-8-12-19)14-13-20(28-17)25(26)21(31(2)27)16-24-29-23(30-33-24)15-18-9-5-3-6-10-18/h3,5-6,9-10,13-14,19H,4,7-8,11-12,15-16,26-27H2,1-2H3/b25-21-. The molecule has 2 aromatic heterocycles. The molecule has 8 nitrogen and oxygen atoms in total. The molecule has 4 rings (SSSR count). The molecule has 33 heavy (non-hydrogen) atoms. The van der Waals surface area contributed by atoms with Crippen LogP contribution in [0, 0.1) is 6.92 Å². The number of hydrogen-bond donors (Lipinski definition) is 2. The summed E-state index contributed by atoms with van der Waals surface area (Å²) in [6, 6.07) is 13.8. The van der Waals surface area contributed by atoms with Crippen LogP contribution in [0.15, 0.2) is 52.7 Å². The summed E-state index contributed by atoms with van der Waals surface area (Å²) in [5.74, 6) is 7.97. The number of ether oxygens (including phenoxy) is 1. The molecular weight excluding hydrogens is 416 g/mol. The quantitative estimate of drug-likeness (QED) is 0.395. The van der Waals surface area contributed by atoms with Crippen molar-refractivity contribution in [2.75, 3.05) is 7.05 Å². The molecule has 0 bridgehead atoms. The van der Waals surface area contributed by atoms with Crippen molar-refractivity contribution in [2.24, 2.45) is 11.6 Å². The van der Waals surface area contributed by atoms with Crippen LogP contribution in [0.25, 0.3) is 5.70 Å². The second-order valence-corrected chi connectivity index (χ2v) is 8.57. The molecule has 2 heterocycles. The molecule has 0 spiro atoms. The molecular formula is C25H32N6O2. The number of nitrogens with zero attached hydrogens (tertiary/aromatic N) is 4. The first kappa shape index (κ1) is 22.8. The fraction of sp³-hybridized carbons (Fsp3) is 0.400. The van der Waals surface area contributed by atoms with Gasteiger partial charge in [0.2, 0.25) is 5.89 Å². The van der Waals surface area contributed by atoms with Gasteiger partial charge in [-0.05, 0) is 50.3 Å². The second kappa shape index (κ2) is 10.5. The van der Waals surface area contributed by atoms with Crippen molar-refractivity contribution in [3.63, 3.8) is 0 Å². The Morgan fingerprint density at radius 2 is 1.85 bits per heavy atom. The number of pyridine rings is 1. The number of likely N-dealkylation sites (N-methyl/N-ethyl adjacent to an activating group) is 1. The average Bonchev–Trinajstić information content (AvgIpc) is 3.26. The molecule has 174 valence electrons. The van der Waals surface area contributed by atoms with Gasteiger partial charge in [0.05, 0.1) is 35.3 Å². The van der Waals surface area contributed by atoms with Gasteiger partial charge in [0.25, 0.3) is 0 Å². The first-order chi connectivity index (χ1) is 16.0.